The first-order valence-electron chi connectivity index (χ1n) is 10.0. The van der Waals surface area contributed by atoms with Gasteiger partial charge in [-0.15, -0.1) is 0 Å². The Balaban J connectivity index is 1.65. The molecule has 0 bridgehead atoms. The van der Waals surface area contributed by atoms with E-state index in [-0.39, 0.29) is 11.1 Å². The van der Waals surface area contributed by atoms with Gasteiger partial charge in [-0.25, -0.2) is 4.98 Å². The van der Waals surface area contributed by atoms with Crippen molar-refractivity contribution < 1.29 is 9.53 Å². The fourth-order valence-corrected chi connectivity index (χ4v) is 3.41. The summed E-state index contributed by atoms with van der Waals surface area (Å²) in [5.74, 6) is 0.334. The zero-order valence-corrected chi connectivity index (χ0v) is 17.5. The lowest BCUT2D eigenvalue weighted by atomic mass is 10.1. The van der Waals surface area contributed by atoms with Gasteiger partial charge in [0.1, 0.15) is 17.0 Å². The Kier molecular flexibility index (Phi) is 5.80. The molecule has 4 aromatic rings. The number of ether oxygens (including phenoxy) is 1. The second-order valence-corrected chi connectivity index (χ2v) is 7.38. The Labute approximate surface area is 180 Å². The van der Waals surface area contributed by atoms with Gasteiger partial charge in [0, 0.05) is 18.1 Å². The molecule has 6 heteroatoms. The predicted molar refractivity (Wildman–Crippen MR) is 120 cm³/mol. The molecule has 2 heterocycles. The molecule has 0 aliphatic rings. The second-order valence-electron chi connectivity index (χ2n) is 7.38. The Morgan fingerprint density at radius 2 is 1.74 bits per heavy atom. The Bertz CT molecular complexity index is 1280. The molecule has 2 aromatic heterocycles. The maximum atomic E-state index is 13.2. The van der Waals surface area contributed by atoms with Crippen LogP contribution in [0.5, 0.6) is 5.75 Å². The topological polar surface area (TPSA) is 73.2 Å². The van der Waals surface area contributed by atoms with Gasteiger partial charge in [0.05, 0.1) is 13.7 Å². The van der Waals surface area contributed by atoms with Crippen molar-refractivity contribution in [1.82, 2.24) is 14.9 Å². The molecule has 1 N–H and O–H groups in total. The zero-order chi connectivity index (χ0) is 21.8. The third-order valence-corrected chi connectivity index (χ3v) is 5.17. The number of carbonyl (C=O) groups excluding carboxylic acids is 1. The Morgan fingerprint density at radius 3 is 2.45 bits per heavy atom. The smallest absolute Gasteiger partial charge is 0.265 e. The number of rotatable bonds is 6. The van der Waals surface area contributed by atoms with E-state index in [0.717, 1.165) is 27.8 Å². The number of nitrogens with one attached hydrogen (secondary N) is 1. The van der Waals surface area contributed by atoms with Crippen molar-refractivity contribution >= 4 is 16.9 Å². The van der Waals surface area contributed by atoms with E-state index in [4.69, 9.17) is 4.74 Å². The van der Waals surface area contributed by atoms with Gasteiger partial charge >= 0.3 is 0 Å². The van der Waals surface area contributed by atoms with Gasteiger partial charge in [0.15, 0.2) is 0 Å². The van der Waals surface area contributed by atoms with E-state index in [1.54, 1.807) is 30.0 Å². The number of fused-ring (bicyclic) bond motifs is 1. The molecule has 4 rings (SSSR count). The highest BCUT2D eigenvalue weighted by molar-refractivity contribution is 5.96. The maximum Gasteiger partial charge on any atom is 0.265 e. The molecule has 0 radical (unpaired) electrons. The molecule has 0 spiro atoms. The summed E-state index contributed by atoms with van der Waals surface area (Å²) in [4.78, 5) is 30.5. The molecule has 156 valence electrons. The van der Waals surface area contributed by atoms with Crippen LogP contribution >= 0.6 is 0 Å². The molecule has 1 amide bonds. The van der Waals surface area contributed by atoms with Gasteiger partial charge in [0.25, 0.3) is 11.5 Å². The lowest BCUT2D eigenvalue weighted by Crippen LogP contribution is -2.33. The molecule has 0 saturated carbocycles. The lowest BCUT2D eigenvalue weighted by Gasteiger charge is -2.13. The number of aromatic nitrogens is 2. The van der Waals surface area contributed by atoms with Crippen molar-refractivity contribution in [3.8, 4) is 5.75 Å². The summed E-state index contributed by atoms with van der Waals surface area (Å²) < 4.78 is 6.71. The summed E-state index contributed by atoms with van der Waals surface area (Å²) in [7, 11) is 1.60. The average Bonchev–Trinajstić information content (AvgIpc) is 2.80. The minimum Gasteiger partial charge on any atom is -0.497 e. The zero-order valence-electron chi connectivity index (χ0n) is 17.5. The van der Waals surface area contributed by atoms with Crippen LogP contribution in [0.2, 0.25) is 0 Å². The highest BCUT2D eigenvalue weighted by Gasteiger charge is 2.16. The number of amides is 1. The van der Waals surface area contributed by atoms with Crippen LogP contribution in [0.1, 0.15) is 27.0 Å². The number of hydrogen-bond acceptors (Lipinski definition) is 4. The summed E-state index contributed by atoms with van der Waals surface area (Å²) >= 11 is 0. The number of aryl methyl sites for hydroxylation is 1. The summed E-state index contributed by atoms with van der Waals surface area (Å²) in [5.41, 5.74) is 3.32. The van der Waals surface area contributed by atoms with Gasteiger partial charge in [-0.3, -0.25) is 14.2 Å². The van der Waals surface area contributed by atoms with Crippen molar-refractivity contribution in [3.63, 3.8) is 0 Å². The first-order valence-corrected chi connectivity index (χ1v) is 10.0. The monoisotopic (exact) mass is 413 g/mol. The molecule has 0 fully saturated rings. The summed E-state index contributed by atoms with van der Waals surface area (Å²) in [5, 5.41) is 3.58. The van der Waals surface area contributed by atoms with Crippen molar-refractivity contribution in [1.29, 1.82) is 0 Å². The van der Waals surface area contributed by atoms with Gasteiger partial charge < -0.3 is 10.1 Å². The quantitative estimate of drug-likeness (QED) is 0.523. The fraction of sp³-hybridized carbons (Fsp3) is 0.160. The highest BCUT2D eigenvalue weighted by atomic mass is 16.5. The maximum absolute atomic E-state index is 13.2. The molecule has 0 unspecified atom stereocenters. The minimum atomic E-state index is -0.413. The van der Waals surface area contributed by atoms with Crippen LogP contribution in [0, 0.1) is 6.92 Å². The molecule has 0 aliphatic carbocycles. The van der Waals surface area contributed by atoms with Gasteiger partial charge in [-0.1, -0.05) is 42.0 Å². The SMILES string of the molecule is COc1ccc(CNC(=O)c2cc3cccnc3n(Cc3ccc(C)cc3)c2=O)cc1. The number of pyridine rings is 2. The summed E-state index contributed by atoms with van der Waals surface area (Å²) in [6.45, 7) is 2.66. The molecule has 0 aliphatic heterocycles. The molecule has 2 aromatic carbocycles. The van der Waals surface area contributed by atoms with Gasteiger partial charge in [0.2, 0.25) is 0 Å². The number of methoxy groups -OCH3 is 1. The van der Waals surface area contributed by atoms with Crippen LogP contribution in [0.3, 0.4) is 0 Å². The molecule has 6 nitrogen and oxygen atoms in total. The third-order valence-electron chi connectivity index (χ3n) is 5.17. The first-order chi connectivity index (χ1) is 15.0. The second kappa shape index (κ2) is 8.83. The van der Waals surface area contributed by atoms with E-state index in [9.17, 15) is 9.59 Å². The Hall–Kier alpha value is -3.93. The molecule has 31 heavy (non-hydrogen) atoms. The summed E-state index contributed by atoms with van der Waals surface area (Å²) in [6.07, 6.45) is 1.65. The van der Waals surface area contributed by atoms with Crippen LogP contribution in [0.25, 0.3) is 11.0 Å². The van der Waals surface area contributed by atoms with Crippen molar-refractivity contribution in [3.05, 3.63) is 106 Å². The Morgan fingerprint density at radius 1 is 1.03 bits per heavy atom. The van der Waals surface area contributed by atoms with E-state index in [1.807, 2.05) is 61.5 Å². The average molecular weight is 413 g/mol. The van der Waals surface area contributed by atoms with E-state index in [0.29, 0.717) is 18.7 Å². The van der Waals surface area contributed by atoms with Gasteiger partial charge in [-0.2, -0.15) is 0 Å². The van der Waals surface area contributed by atoms with E-state index < -0.39 is 5.91 Å². The van der Waals surface area contributed by atoms with Crippen molar-refractivity contribution in [2.45, 2.75) is 20.0 Å². The number of carbonyl (C=O) groups is 1. The third kappa shape index (κ3) is 4.48. The van der Waals surface area contributed by atoms with Crippen LogP contribution in [-0.2, 0) is 13.1 Å². The van der Waals surface area contributed by atoms with Crippen LogP contribution in [0.15, 0.2) is 77.7 Å². The first kappa shape index (κ1) is 20.3. The fourth-order valence-electron chi connectivity index (χ4n) is 3.41. The van der Waals surface area contributed by atoms with E-state index >= 15 is 0 Å². The van der Waals surface area contributed by atoms with Crippen LogP contribution in [0.4, 0.5) is 0 Å². The number of benzene rings is 2. The number of hydrogen-bond donors (Lipinski definition) is 1. The van der Waals surface area contributed by atoms with Crippen LogP contribution < -0.4 is 15.6 Å². The molecule has 0 saturated heterocycles. The standard InChI is InChI=1S/C25H23N3O3/c1-17-5-7-19(8-6-17)16-28-23-20(4-3-13-26-23)14-22(25(28)30)24(29)27-15-18-9-11-21(31-2)12-10-18/h3-14H,15-16H2,1-2H3,(H,27,29). The minimum absolute atomic E-state index is 0.0983. The lowest BCUT2D eigenvalue weighted by molar-refractivity contribution is 0.0949. The molecular formula is C25H23N3O3. The summed E-state index contributed by atoms with van der Waals surface area (Å²) in [6, 6.07) is 20.6. The van der Waals surface area contributed by atoms with E-state index in [2.05, 4.69) is 10.3 Å². The predicted octanol–water partition coefficient (Wildman–Crippen LogP) is 3.69. The van der Waals surface area contributed by atoms with Crippen LogP contribution in [-0.4, -0.2) is 22.6 Å². The largest absolute Gasteiger partial charge is 0.497 e. The van der Waals surface area contributed by atoms with Crippen molar-refractivity contribution in [2.75, 3.05) is 7.11 Å². The normalized spacial score (nSPS) is 10.8. The molecular weight excluding hydrogens is 390 g/mol. The number of nitrogens with zero attached hydrogens (tertiary/aromatic N) is 2. The van der Waals surface area contributed by atoms with Gasteiger partial charge in [-0.05, 0) is 48.4 Å². The van der Waals surface area contributed by atoms with Crippen molar-refractivity contribution in [2.24, 2.45) is 0 Å². The molecule has 0 atom stereocenters. The van der Waals surface area contributed by atoms with E-state index in [1.165, 1.54) is 0 Å². The highest BCUT2D eigenvalue weighted by Crippen LogP contribution is 2.14.